The summed E-state index contributed by atoms with van der Waals surface area (Å²) < 4.78 is 52.8. The van der Waals surface area contributed by atoms with E-state index in [1.54, 1.807) is 10.8 Å². The van der Waals surface area contributed by atoms with Crippen molar-refractivity contribution in [1.29, 1.82) is 5.26 Å². The first-order valence-corrected chi connectivity index (χ1v) is 5.84. The number of ether oxygens (including phenoxy) is 1. The molecule has 0 aromatic heterocycles. The summed E-state index contributed by atoms with van der Waals surface area (Å²) in [5.74, 6) is -3.59. The molecule has 8 heteroatoms. The number of rotatable bonds is 4. The van der Waals surface area contributed by atoms with Crippen molar-refractivity contribution >= 4 is 15.7 Å². The molecule has 0 radical (unpaired) electrons. The van der Waals surface area contributed by atoms with Crippen LogP contribution in [-0.2, 0) is 10.0 Å². The summed E-state index contributed by atoms with van der Waals surface area (Å²) in [6, 6.07) is 5.76. The predicted octanol–water partition coefficient (Wildman–Crippen LogP) is 1.53. The average Bonchev–Trinajstić information content (AvgIpc) is 2.28. The van der Waals surface area contributed by atoms with Crippen LogP contribution in [0.4, 0.5) is 14.5 Å². The number of nitrogens with one attached hydrogen (secondary N) is 1. The third kappa shape index (κ3) is 2.82. The fourth-order valence-corrected chi connectivity index (χ4v) is 1.67. The second kappa shape index (κ2) is 4.97. The normalized spacial score (nSPS) is 11.0. The number of anilines is 1. The molecule has 0 heterocycles. The fourth-order valence-electron chi connectivity index (χ4n) is 1.09. The first-order chi connectivity index (χ1) is 7.92. The molecule has 0 aliphatic rings. The van der Waals surface area contributed by atoms with E-state index < -0.39 is 15.8 Å². The molecule has 1 aromatic rings. The standard InChI is InChI=1S/C9H8F2N2O3S/c1-16-7-4-2-3-6(5-12)8(7)13-17(14,15)9(10)11/h2-4,9,13H,1H3. The monoisotopic (exact) mass is 262 g/mol. The van der Waals surface area contributed by atoms with Gasteiger partial charge < -0.3 is 4.74 Å². The largest absolute Gasteiger partial charge is 0.495 e. The van der Waals surface area contributed by atoms with Gasteiger partial charge in [0.05, 0.1) is 12.7 Å². The highest BCUT2D eigenvalue weighted by atomic mass is 32.2. The van der Waals surface area contributed by atoms with Crippen LogP contribution in [0.3, 0.4) is 0 Å². The van der Waals surface area contributed by atoms with Crippen molar-refractivity contribution < 1.29 is 21.9 Å². The van der Waals surface area contributed by atoms with Crippen LogP contribution in [-0.4, -0.2) is 21.3 Å². The highest BCUT2D eigenvalue weighted by molar-refractivity contribution is 7.93. The van der Waals surface area contributed by atoms with Crippen molar-refractivity contribution in [2.24, 2.45) is 0 Å². The SMILES string of the molecule is COc1cccc(C#N)c1NS(=O)(=O)C(F)F. The zero-order valence-corrected chi connectivity index (χ0v) is 9.46. The Balaban J connectivity index is 3.27. The summed E-state index contributed by atoms with van der Waals surface area (Å²) in [5.41, 5.74) is -0.397. The van der Waals surface area contributed by atoms with Gasteiger partial charge in [0, 0.05) is 0 Å². The number of sulfonamides is 1. The Morgan fingerprint density at radius 1 is 1.47 bits per heavy atom. The lowest BCUT2D eigenvalue weighted by molar-refractivity contribution is 0.236. The number of hydrogen-bond donors (Lipinski definition) is 1. The molecule has 0 amide bonds. The quantitative estimate of drug-likeness (QED) is 0.892. The zero-order chi connectivity index (χ0) is 13.1. The predicted molar refractivity (Wildman–Crippen MR) is 56.3 cm³/mol. The Morgan fingerprint density at radius 3 is 2.59 bits per heavy atom. The molecule has 0 aliphatic heterocycles. The highest BCUT2D eigenvalue weighted by Crippen LogP contribution is 2.29. The Kier molecular flexibility index (Phi) is 3.85. The Morgan fingerprint density at radius 2 is 2.12 bits per heavy atom. The van der Waals surface area contributed by atoms with Crippen molar-refractivity contribution in [3.8, 4) is 11.8 Å². The minimum Gasteiger partial charge on any atom is -0.495 e. The van der Waals surface area contributed by atoms with Crippen LogP contribution in [0.5, 0.6) is 5.75 Å². The van der Waals surface area contributed by atoms with Gasteiger partial charge in [-0.3, -0.25) is 4.72 Å². The first-order valence-electron chi connectivity index (χ1n) is 4.29. The van der Waals surface area contributed by atoms with Gasteiger partial charge in [-0.05, 0) is 12.1 Å². The van der Waals surface area contributed by atoms with Gasteiger partial charge in [-0.2, -0.15) is 14.0 Å². The minimum atomic E-state index is -4.83. The molecular formula is C9H8F2N2O3S. The summed E-state index contributed by atoms with van der Waals surface area (Å²) >= 11 is 0. The van der Waals surface area contributed by atoms with Gasteiger partial charge in [0.1, 0.15) is 17.5 Å². The van der Waals surface area contributed by atoms with Crippen LogP contribution in [0.2, 0.25) is 0 Å². The molecule has 1 aromatic carbocycles. The Hall–Kier alpha value is -1.88. The Bertz CT molecular complexity index is 552. The van der Waals surface area contributed by atoms with E-state index in [2.05, 4.69) is 0 Å². The van der Waals surface area contributed by atoms with Crippen LogP contribution < -0.4 is 9.46 Å². The van der Waals surface area contributed by atoms with E-state index in [1.807, 2.05) is 0 Å². The van der Waals surface area contributed by atoms with Crippen LogP contribution in [0.15, 0.2) is 18.2 Å². The molecule has 1 N–H and O–H groups in total. The van der Waals surface area contributed by atoms with E-state index in [4.69, 9.17) is 10.00 Å². The molecule has 0 saturated carbocycles. The first kappa shape index (κ1) is 13.2. The molecule has 5 nitrogen and oxygen atoms in total. The van der Waals surface area contributed by atoms with E-state index in [0.717, 1.165) is 0 Å². The van der Waals surface area contributed by atoms with Gasteiger partial charge >= 0.3 is 5.76 Å². The summed E-state index contributed by atoms with van der Waals surface area (Å²) in [6.07, 6.45) is 0. The molecule has 0 fully saturated rings. The van der Waals surface area contributed by atoms with Gasteiger partial charge in [-0.15, -0.1) is 0 Å². The molecule has 0 saturated heterocycles. The van der Waals surface area contributed by atoms with Crippen LogP contribution >= 0.6 is 0 Å². The number of halogens is 2. The van der Waals surface area contributed by atoms with Gasteiger partial charge in [-0.25, -0.2) is 8.42 Å². The van der Waals surface area contributed by atoms with Crippen LogP contribution in [0.1, 0.15) is 5.56 Å². The zero-order valence-electron chi connectivity index (χ0n) is 8.65. The lowest BCUT2D eigenvalue weighted by Crippen LogP contribution is -2.21. The molecule has 0 unspecified atom stereocenters. The van der Waals surface area contributed by atoms with Crippen molar-refractivity contribution in [1.82, 2.24) is 0 Å². The summed E-state index contributed by atoms with van der Waals surface area (Å²) in [4.78, 5) is 0. The number of nitriles is 1. The topological polar surface area (TPSA) is 79.2 Å². The molecule has 0 bridgehead atoms. The van der Waals surface area contributed by atoms with Gasteiger partial charge in [-0.1, -0.05) is 6.07 Å². The molecule has 17 heavy (non-hydrogen) atoms. The van der Waals surface area contributed by atoms with E-state index >= 15 is 0 Å². The molecule has 0 atom stereocenters. The molecule has 0 spiro atoms. The van der Waals surface area contributed by atoms with Crippen molar-refractivity contribution in [3.63, 3.8) is 0 Å². The maximum absolute atomic E-state index is 12.2. The van der Waals surface area contributed by atoms with Crippen molar-refractivity contribution in [3.05, 3.63) is 23.8 Å². The second-order valence-corrected chi connectivity index (χ2v) is 4.55. The smallest absolute Gasteiger partial charge is 0.355 e. The molecule has 0 aliphatic carbocycles. The number of nitrogens with zero attached hydrogens (tertiary/aromatic N) is 1. The Labute approximate surface area is 96.7 Å². The van der Waals surface area contributed by atoms with E-state index in [-0.39, 0.29) is 17.0 Å². The van der Waals surface area contributed by atoms with Crippen molar-refractivity contribution in [2.45, 2.75) is 5.76 Å². The third-order valence-corrected chi connectivity index (χ3v) is 2.80. The number of hydrogen-bond acceptors (Lipinski definition) is 4. The van der Waals surface area contributed by atoms with Crippen LogP contribution in [0, 0.1) is 11.3 Å². The lowest BCUT2D eigenvalue weighted by atomic mass is 10.2. The minimum absolute atomic E-state index is 0.00623. The van der Waals surface area contributed by atoms with Gasteiger partial charge in [0.2, 0.25) is 0 Å². The molecular weight excluding hydrogens is 254 g/mol. The third-order valence-electron chi connectivity index (χ3n) is 1.85. The van der Waals surface area contributed by atoms with Crippen LogP contribution in [0.25, 0.3) is 0 Å². The van der Waals surface area contributed by atoms with E-state index in [1.165, 1.54) is 25.3 Å². The summed E-state index contributed by atoms with van der Waals surface area (Å²) in [6.45, 7) is 0. The van der Waals surface area contributed by atoms with E-state index in [9.17, 15) is 17.2 Å². The van der Waals surface area contributed by atoms with Gasteiger partial charge in [0.25, 0.3) is 10.0 Å². The number of methoxy groups -OCH3 is 1. The van der Waals surface area contributed by atoms with Gasteiger partial charge in [0.15, 0.2) is 0 Å². The maximum Gasteiger partial charge on any atom is 0.355 e. The summed E-state index contributed by atoms with van der Waals surface area (Å²) in [7, 11) is -3.60. The highest BCUT2D eigenvalue weighted by Gasteiger charge is 2.26. The van der Waals surface area contributed by atoms with E-state index in [0.29, 0.717) is 0 Å². The second-order valence-electron chi connectivity index (χ2n) is 2.90. The summed E-state index contributed by atoms with van der Waals surface area (Å²) in [5, 5.41) is 8.75. The number of para-hydroxylation sites is 1. The average molecular weight is 262 g/mol. The number of alkyl halides is 2. The fraction of sp³-hybridized carbons (Fsp3) is 0.222. The lowest BCUT2D eigenvalue weighted by Gasteiger charge is -2.12. The molecule has 1 rings (SSSR count). The van der Waals surface area contributed by atoms with Crippen molar-refractivity contribution in [2.75, 3.05) is 11.8 Å². The number of benzene rings is 1. The molecule has 92 valence electrons. The maximum atomic E-state index is 12.2.